The van der Waals surface area contributed by atoms with Crippen LogP contribution in [-0.4, -0.2) is 22.8 Å². The molecule has 0 aliphatic carbocycles. The van der Waals surface area contributed by atoms with E-state index < -0.39 is 0 Å². The minimum atomic E-state index is -0.0927. The first-order chi connectivity index (χ1) is 14.2. The van der Waals surface area contributed by atoms with Crippen molar-refractivity contribution in [3.8, 4) is 10.6 Å². The number of aromatic nitrogens is 1. The average Bonchev–Trinajstić information content (AvgIpc) is 3.50. The van der Waals surface area contributed by atoms with Crippen molar-refractivity contribution < 1.29 is 13.6 Å². The monoisotopic (exact) mass is 407 g/mol. The number of oxazole rings is 1. The number of benzene rings is 1. The van der Waals surface area contributed by atoms with Gasteiger partial charge in [-0.05, 0) is 41.3 Å². The molecule has 1 amide bonds. The number of thiophene rings is 1. The maximum Gasteiger partial charge on any atom is 0.251 e. The number of hydrogen-bond acceptors (Lipinski definition) is 6. The highest BCUT2D eigenvalue weighted by molar-refractivity contribution is 7.13. The van der Waals surface area contributed by atoms with E-state index in [4.69, 9.17) is 8.83 Å². The summed E-state index contributed by atoms with van der Waals surface area (Å²) in [5, 5.41) is 4.65. The second kappa shape index (κ2) is 8.89. The Hall–Kier alpha value is -3.16. The van der Waals surface area contributed by atoms with Gasteiger partial charge in [0.2, 0.25) is 5.89 Å². The number of amides is 1. The number of carbonyl (C=O) groups excluding carboxylic acids is 1. The lowest BCUT2D eigenvalue weighted by Gasteiger charge is -2.20. The van der Waals surface area contributed by atoms with Crippen LogP contribution in [0.4, 0.5) is 0 Å². The highest BCUT2D eigenvalue weighted by atomic mass is 32.1. The van der Waals surface area contributed by atoms with E-state index in [2.05, 4.69) is 15.2 Å². The fourth-order valence-corrected chi connectivity index (χ4v) is 3.73. The quantitative estimate of drug-likeness (QED) is 0.464. The largest absolute Gasteiger partial charge is 0.468 e. The molecule has 1 N–H and O–H groups in total. The molecule has 4 rings (SSSR count). The van der Waals surface area contributed by atoms with E-state index in [0.717, 1.165) is 22.0 Å². The first-order valence-electron chi connectivity index (χ1n) is 9.25. The molecule has 0 bridgehead atoms. The molecule has 6 nitrogen and oxygen atoms in total. The van der Waals surface area contributed by atoms with Crippen LogP contribution in [0.1, 0.15) is 27.6 Å². The van der Waals surface area contributed by atoms with Crippen molar-refractivity contribution in [2.75, 3.05) is 7.05 Å². The van der Waals surface area contributed by atoms with Crippen molar-refractivity contribution in [1.82, 2.24) is 15.2 Å². The zero-order valence-electron chi connectivity index (χ0n) is 16.0. The predicted octanol–water partition coefficient (Wildman–Crippen LogP) is 4.56. The first-order valence-corrected chi connectivity index (χ1v) is 10.1. The Morgan fingerprint density at radius 3 is 2.66 bits per heavy atom. The Kier molecular flexibility index (Phi) is 5.88. The van der Waals surface area contributed by atoms with Gasteiger partial charge in [0, 0.05) is 19.2 Å². The number of carbonyl (C=O) groups is 1. The average molecular weight is 407 g/mol. The van der Waals surface area contributed by atoms with Gasteiger partial charge in [0.25, 0.3) is 5.91 Å². The van der Waals surface area contributed by atoms with Crippen LogP contribution in [0.15, 0.2) is 75.2 Å². The smallest absolute Gasteiger partial charge is 0.251 e. The van der Waals surface area contributed by atoms with Crippen molar-refractivity contribution in [3.63, 3.8) is 0 Å². The SMILES string of the molecule is CNC(=O)c1ccc(CN(Cc2ccco2)Cc2ncc(-c3cccs3)o2)cc1. The molecule has 0 fully saturated rings. The van der Waals surface area contributed by atoms with Gasteiger partial charge in [0.05, 0.1) is 30.4 Å². The standard InChI is InChI=1S/C22H21N3O3S/c1-23-22(26)17-8-6-16(7-9-17)13-25(14-18-4-2-10-27-18)15-21-24-12-19(28-21)20-5-3-11-29-20/h2-12H,13-15H2,1H3,(H,23,26). The summed E-state index contributed by atoms with van der Waals surface area (Å²) in [5.41, 5.74) is 1.73. The molecule has 0 aliphatic rings. The van der Waals surface area contributed by atoms with E-state index in [1.807, 2.05) is 53.9 Å². The Labute approximate surface area is 172 Å². The third kappa shape index (κ3) is 4.82. The Morgan fingerprint density at radius 2 is 1.97 bits per heavy atom. The van der Waals surface area contributed by atoms with Crippen LogP contribution in [0.5, 0.6) is 0 Å². The summed E-state index contributed by atoms with van der Waals surface area (Å²) in [6, 6.07) is 15.4. The molecular weight excluding hydrogens is 386 g/mol. The number of rotatable bonds is 8. The molecule has 29 heavy (non-hydrogen) atoms. The van der Waals surface area contributed by atoms with Crippen LogP contribution < -0.4 is 5.32 Å². The number of nitrogens with one attached hydrogen (secondary N) is 1. The number of hydrogen-bond donors (Lipinski definition) is 1. The van der Waals surface area contributed by atoms with Crippen molar-refractivity contribution in [2.45, 2.75) is 19.6 Å². The lowest BCUT2D eigenvalue weighted by Crippen LogP contribution is -2.22. The van der Waals surface area contributed by atoms with Crippen LogP contribution in [0, 0.1) is 0 Å². The summed E-state index contributed by atoms with van der Waals surface area (Å²) in [4.78, 5) is 19.4. The molecule has 0 atom stereocenters. The Morgan fingerprint density at radius 1 is 1.10 bits per heavy atom. The van der Waals surface area contributed by atoms with Crippen LogP contribution >= 0.6 is 11.3 Å². The molecule has 0 spiro atoms. The van der Waals surface area contributed by atoms with Gasteiger partial charge in [0.1, 0.15) is 5.76 Å². The second-order valence-electron chi connectivity index (χ2n) is 6.60. The molecular formula is C22H21N3O3S. The Bertz CT molecular complexity index is 1040. The van der Waals surface area contributed by atoms with Crippen LogP contribution in [-0.2, 0) is 19.6 Å². The van der Waals surface area contributed by atoms with E-state index in [9.17, 15) is 4.79 Å². The maximum absolute atomic E-state index is 11.7. The molecule has 0 saturated heterocycles. The van der Waals surface area contributed by atoms with Gasteiger partial charge in [-0.3, -0.25) is 9.69 Å². The minimum Gasteiger partial charge on any atom is -0.468 e. The van der Waals surface area contributed by atoms with Gasteiger partial charge in [-0.15, -0.1) is 11.3 Å². The van der Waals surface area contributed by atoms with E-state index in [1.54, 1.807) is 30.8 Å². The van der Waals surface area contributed by atoms with E-state index in [0.29, 0.717) is 31.1 Å². The lowest BCUT2D eigenvalue weighted by molar-refractivity contribution is 0.0963. The maximum atomic E-state index is 11.7. The molecule has 0 unspecified atom stereocenters. The highest BCUT2D eigenvalue weighted by Crippen LogP contribution is 2.26. The lowest BCUT2D eigenvalue weighted by atomic mass is 10.1. The molecule has 3 aromatic heterocycles. The zero-order chi connectivity index (χ0) is 20.1. The van der Waals surface area contributed by atoms with Crippen molar-refractivity contribution in [1.29, 1.82) is 0 Å². The van der Waals surface area contributed by atoms with E-state index in [1.165, 1.54) is 0 Å². The molecule has 0 aliphatic heterocycles. The van der Waals surface area contributed by atoms with Gasteiger partial charge < -0.3 is 14.2 Å². The molecule has 4 aromatic rings. The summed E-state index contributed by atoms with van der Waals surface area (Å²) < 4.78 is 11.5. The first kappa shape index (κ1) is 19.2. The van der Waals surface area contributed by atoms with Gasteiger partial charge in [-0.25, -0.2) is 4.98 Å². The Balaban J connectivity index is 1.50. The normalized spacial score (nSPS) is 11.1. The molecule has 0 radical (unpaired) electrons. The third-order valence-electron chi connectivity index (χ3n) is 4.49. The fraction of sp³-hybridized carbons (Fsp3) is 0.182. The molecule has 7 heteroatoms. The van der Waals surface area contributed by atoms with E-state index >= 15 is 0 Å². The molecule has 1 aromatic carbocycles. The fourth-order valence-electron chi connectivity index (χ4n) is 3.06. The highest BCUT2D eigenvalue weighted by Gasteiger charge is 2.15. The van der Waals surface area contributed by atoms with Crippen molar-refractivity contribution in [2.24, 2.45) is 0 Å². The van der Waals surface area contributed by atoms with Crippen LogP contribution in [0.2, 0.25) is 0 Å². The third-order valence-corrected chi connectivity index (χ3v) is 5.37. The van der Waals surface area contributed by atoms with Crippen molar-refractivity contribution >= 4 is 17.2 Å². The predicted molar refractivity (Wildman–Crippen MR) is 111 cm³/mol. The van der Waals surface area contributed by atoms with E-state index in [-0.39, 0.29) is 5.91 Å². The van der Waals surface area contributed by atoms with Crippen molar-refractivity contribution in [3.05, 3.63) is 89.1 Å². The second-order valence-corrected chi connectivity index (χ2v) is 7.54. The van der Waals surface area contributed by atoms with Gasteiger partial charge in [-0.2, -0.15) is 0 Å². The van der Waals surface area contributed by atoms with Gasteiger partial charge in [0.15, 0.2) is 5.76 Å². The molecule has 0 saturated carbocycles. The van der Waals surface area contributed by atoms with Gasteiger partial charge >= 0.3 is 0 Å². The zero-order valence-corrected chi connectivity index (χ0v) is 16.8. The van der Waals surface area contributed by atoms with Gasteiger partial charge in [-0.1, -0.05) is 18.2 Å². The summed E-state index contributed by atoms with van der Waals surface area (Å²) in [5.74, 6) is 2.21. The van der Waals surface area contributed by atoms with Crippen LogP contribution in [0.25, 0.3) is 10.6 Å². The minimum absolute atomic E-state index is 0.0927. The van der Waals surface area contributed by atoms with Crippen LogP contribution in [0.3, 0.4) is 0 Å². The summed E-state index contributed by atoms with van der Waals surface area (Å²) in [7, 11) is 1.63. The summed E-state index contributed by atoms with van der Waals surface area (Å²) >= 11 is 1.63. The topological polar surface area (TPSA) is 71.5 Å². The molecule has 148 valence electrons. The number of nitrogens with zero attached hydrogens (tertiary/aromatic N) is 2. The summed E-state index contributed by atoms with van der Waals surface area (Å²) in [6.45, 7) is 1.84. The number of furan rings is 1. The summed E-state index contributed by atoms with van der Waals surface area (Å²) in [6.07, 6.45) is 3.44. The molecule has 3 heterocycles.